The molecule has 6 nitrogen and oxygen atoms in total. The Labute approximate surface area is 115 Å². The molecule has 19 heavy (non-hydrogen) atoms. The summed E-state index contributed by atoms with van der Waals surface area (Å²) in [6.07, 6.45) is 0. The van der Waals surface area contributed by atoms with Crippen molar-refractivity contribution in [1.82, 2.24) is 14.9 Å². The maximum atomic E-state index is 5.67. The quantitative estimate of drug-likeness (QED) is 0.870. The number of nitrogens with one attached hydrogen (secondary N) is 1. The van der Waals surface area contributed by atoms with Crippen molar-refractivity contribution >= 4 is 32.6 Å². The minimum atomic E-state index is 0.563. The summed E-state index contributed by atoms with van der Waals surface area (Å²) in [5.41, 5.74) is 6.53. The Morgan fingerprint density at radius 3 is 3.00 bits per heavy atom. The number of fused-ring (bicyclic) bond motifs is 1. The number of anilines is 2. The van der Waals surface area contributed by atoms with E-state index in [0.717, 1.165) is 55.6 Å². The van der Waals surface area contributed by atoms with E-state index in [-0.39, 0.29) is 0 Å². The Kier molecular flexibility index (Phi) is 3.77. The molecule has 0 aliphatic carbocycles. The molecule has 102 valence electrons. The van der Waals surface area contributed by atoms with E-state index in [1.165, 1.54) is 11.3 Å². The van der Waals surface area contributed by atoms with Crippen LogP contribution in [0.1, 0.15) is 0 Å². The highest BCUT2D eigenvalue weighted by Crippen LogP contribution is 2.22. The number of nitrogens with two attached hydrogens (primary N) is 1. The average molecular weight is 279 g/mol. The van der Waals surface area contributed by atoms with E-state index >= 15 is 0 Å². The molecule has 1 aliphatic heterocycles. The van der Waals surface area contributed by atoms with Crippen LogP contribution in [0.2, 0.25) is 0 Å². The van der Waals surface area contributed by atoms with Gasteiger partial charge in [-0.05, 0) is 12.1 Å². The van der Waals surface area contributed by atoms with Gasteiger partial charge in [0, 0.05) is 26.2 Å². The molecule has 0 bridgehead atoms. The van der Waals surface area contributed by atoms with Crippen molar-refractivity contribution < 1.29 is 4.74 Å². The molecule has 0 saturated carbocycles. The summed E-state index contributed by atoms with van der Waals surface area (Å²) in [7, 11) is 0. The summed E-state index contributed by atoms with van der Waals surface area (Å²) in [5.74, 6) is 0.879. The third kappa shape index (κ3) is 3.12. The number of hydrogen-bond donors (Lipinski definition) is 2. The lowest BCUT2D eigenvalue weighted by Crippen LogP contribution is -2.39. The van der Waals surface area contributed by atoms with Gasteiger partial charge in [-0.3, -0.25) is 4.90 Å². The first-order valence-corrected chi connectivity index (χ1v) is 7.20. The highest BCUT2D eigenvalue weighted by molar-refractivity contribution is 7.21. The molecule has 3 heterocycles. The van der Waals surface area contributed by atoms with Gasteiger partial charge in [0.1, 0.15) is 16.2 Å². The molecule has 0 unspecified atom stereocenters. The van der Waals surface area contributed by atoms with Crippen LogP contribution in [0.3, 0.4) is 0 Å². The van der Waals surface area contributed by atoms with Gasteiger partial charge in [0.25, 0.3) is 0 Å². The molecule has 0 atom stereocenters. The second-order valence-corrected chi connectivity index (χ2v) is 5.46. The second kappa shape index (κ2) is 5.68. The average Bonchev–Trinajstić information content (AvgIpc) is 2.79. The first-order valence-electron chi connectivity index (χ1n) is 6.38. The van der Waals surface area contributed by atoms with Crippen LogP contribution in [0, 0.1) is 0 Å². The number of rotatable bonds is 4. The molecule has 3 rings (SSSR count). The second-order valence-electron chi connectivity index (χ2n) is 4.45. The van der Waals surface area contributed by atoms with E-state index in [1.54, 1.807) is 0 Å². The Morgan fingerprint density at radius 2 is 2.16 bits per heavy atom. The molecule has 2 aromatic heterocycles. The zero-order chi connectivity index (χ0) is 13.1. The van der Waals surface area contributed by atoms with Crippen molar-refractivity contribution in [2.75, 3.05) is 50.4 Å². The lowest BCUT2D eigenvalue weighted by Gasteiger charge is -2.26. The minimum Gasteiger partial charge on any atom is -0.379 e. The van der Waals surface area contributed by atoms with Gasteiger partial charge < -0.3 is 15.8 Å². The topological polar surface area (TPSA) is 76.3 Å². The molecule has 3 N–H and O–H groups in total. The molecule has 7 heteroatoms. The summed E-state index contributed by atoms with van der Waals surface area (Å²) >= 11 is 1.42. The number of aromatic nitrogens is 2. The minimum absolute atomic E-state index is 0.563. The lowest BCUT2D eigenvalue weighted by atomic mass is 10.4. The highest BCUT2D eigenvalue weighted by Gasteiger charge is 2.09. The SMILES string of the molecule is Nc1nc2ccc(NCCN3CCOCC3)nc2s1. The molecule has 2 aromatic rings. The number of pyridine rings is 1. The van der Waals surface area contributed by atoms with Gasteiger partial charge in [-0.25, -0.2) is 9.97 Å². The van der Waals surface area contributed by atoms with Crippen LogP contribution in [0.15, 0.2) is 12.1 Å². The van der Waals surface area contributed by atoms with E-state index < -0.39 is 0 Å². The van der Waals surface area contributed by atoms with Crippen LogP contribution in [0.25, 0.3) is 10.3 Å². The first kappa shape index (κ1) is 12.6. The number of hydrogen-bond acceptors (Lipinski definition) is 7. The van der Waals surface area contributed by atoms with Gasteiger partial charge in [-0.2, -0.15) is 0 Å². The molecule has 0 amide bonds. The summed E-state index contributed by atoms with van der Waals surface area (Å²) in [6, 6.07) is 3.90. The predicted octanol–water partition coefficient (Wildman–Crippen LogP) is 1.02. The Bertz CT molecular complexity index is 552. The summed E-state index contributed by atoms with van der Waals surface area (Å²) < 4.78 is 5.32. The molecule has 1 saturated heterocycles. The van der Waals surface area contributed by atoms with Crippen LogP contribution >= 0.6 is 11.3 Å². The molecule has 0 spiro atoms. The van der Waals surface area contributed by atoms with Crippen molar-refractivity contribution in [2.45, 2.75) is 0 Å². The number of morpholine rings is 1. The van der Waals surface area contributed by atoms with Gasteiger partial charge in [0.05, 0.1) is 13.2 Å². The van der Waals surface area contributed by atoms with Gasteiger partial charge in [0.2, 0.25) is 0 Å². The van der Waals surface area contributed by atoms with Crippen molar-refractivity contribution in [1.29, 1.82) is 0 Å². The maximum absolute atomic E-state index is 5.67. The van der Waals surface area contributed by atoms with Crippen molar-refractivity contribution in [3.63, 3.8) is 0 Å². The van der Waals surface area contributed by atoms with E-state index in [0.29, 0.717) is 5.13 Å². The maximum Gasteiger partial charge on any atom is 0.182 e. The zero-order valence-corrected chi connectivity index (χ0v) is 11.4. The number of thiazole rings is 1. The third-order valence-corrected chi connectivity index (χ3v) is 3.90. The summed E-state index contributed by atoms with van der Waals surface area (Å²) in [6.45, 7) is 5.59. The highest BCUT2D eigenvalue weighted by atomic mass is 32.1. The van der Waals surface area contributed by atoms with Crippen molar-refractivity contribution in [3.05, 3.63) is 12.1 Å². The fourth-order valence-electron chi connectivity index (χ4n) is 2.10. The zero-order valence-electron chi connectivity index (χ0n) is 10.6. The van der Waals surface area contributed by atoms with E-state index in [9.17, 15) is 0 Å². The number of ether oxygens (including phenoxy) is 1. The third-order valence-electron chi connectivity index (χ3n) is 3.11. The molecule has 1 fully saturated rings. The van der Waals surface area contributed by atoms with Gasteiger partial charge in [-0.15, -0.1) is 0 Å². The molecule has 0 radical (unpaired) electrons. The molecular formula is C12H17N5OS. The number of nitrogen functional groups attached to an aromatic ring is 1. The van der Waals surface area contributed by atoms with Crippen molar-refractivity contribution in [3.8, 4) is 0 Å². The monoisotopic (exact) mass is 279 g/mol. The Balaban J connectivity index is 1.55. The molecule has 1 aliphatic rings. The Morgan fingerprint density at radius 1 is 1.32 bits per heavy atom. The van der Waals surface area contributed by atoms with Crippen molar-refractivity contribution in [2.24, 2.45) is 0 Å². The number of nitrogens with zero attached hydrogens (tertiary/aromatic N) is 3. The first-order chi connectivity index (χ1) is 9.31. The standard InChI is InChI=1S/C12H17N5OS/c13-12-15-9-1-2-10(16-11(9)19-12)14-3-4-17-5-7-18-8-6-17/h1-2H,3-8H2,(H2,13,15)(H,14,16). The summed E-state index contributed by atoms with van der Waals surface area (Å²) in [4.78, 5) is 12.0. The fourth-order valence-corrected chi connectivity index (χ4v) is 2.80. The molecule has 0 aromatic carbocycles. The lowest BCUT2D eigenvalue weighted by molar-refractivity contribution is 0.0398. The van der Waals surface area contributed by atoms with Crippen LogP contribution in [-0.4, -0.2) is 54.3 Å². The van der Waals surface area contributed by atoms with Gasteiger partial charge >= 0.3 is 0 Å². The molecular weight excluding hydrogens is 262 g/mol. The van der Waals surface area contributed by atoms with E-state index in [2.05, 4.69) is 20.2 Å². The van der Waals surface area contributed by atoms with Gasteiger partial charge in [0.15, 0.2) is 5.13 Å². The predicted molar refractivity (Wildman–Crippen MR) is 77.6 cm³/mol. The normalized spacial score (nSPS) is 16.8. The van der Waals surface area contributed by atoms with Crippen LogP contribution in [-0.2, 0) is 4.74 Å². The smallest absolute Gasteiger partial charge is 0.182 e. The van der Waals surface area contributed by atoms with Crippen LogP contribution < -0.4 is 11.1 Å². The Hall–Kier alpha value is -1.44. The van der Waals surface area contributed by atoms with E-state index in [4.69, 9.17) is 10.5 Å². The van der Waals surface area contributed by atoms with Gasteiger partial charge in [-0.1, -0.05) is 11.3 Å². The van der Waals surface area contributed by atoms with Crippen LogP contribution in [0.5, 0.6) is 0 Å². The fraction of sp³-hybridized carbons (Fsp3) is 0.500. The summed E-state index contributed by atoms with van der Waals surface area (Å²) in [5, 5.41) is 3.90. The largest absolute Gasteiger partial charge is 0.379 e. The van der Waals surface area contributed by atoms with Crippen LogP contribution in [0.4, 0.5) is 10.9 Å². The van der Waals surface area contributed by atoms with E-state index in [1.807, 2.05) is 12.1 Å².